The Balaban J connectivity index is 1.54. The maximum atomic E-state index is 12.5. The number of anilines is 1. The van der Waals surface area contributed by atoms with Crippen LogP contribution in [0, 0.1) is 0 Å². The van der Waals surface area contributed by atoms with Crippen molar-refractivity contribution in [1.82, 2.24) is 20.0 Å². The number of amides is 2. The van der Waals surface area contributed by atoms with E-state index in [1.807, 2.05) is 20.8 Å². The van der Waals surface area contributed by atoms with E-state index < -0.39 is 6.04 Å². The van der Waals surface area contributed by atoms with E-state index in [2.05, 4.69) is 15.7 Å². The largest absolute Gasteiger partial charge is 0.375 e. The van der Waals surface area contributed by atoms with Crippen LogP contribution in [0.5, 0.6) is 0 Å². The van der Waals surface area contributed by atoms with Gasteiger partial charge in [0.05, 0.1) is 36.8 Å². The molecule has 0 saturated carbocycles. The van der Waals surface area contributed by atoms with Crippen molar-refractivity contribution in [2.75, 3.05) is 31.6 Å². The number of carbonyl (C=O) groups is 2. The second-order valence-corrected chi connectivity index (χ2v) is 6.98. The first-order valence-corrected chi connectivity index (χ1v) is 9.04. The Bertz CT molecular complexity index is 639. The van der Waals surface area contributed by atoms with Gasteiger partial charge in [-0.25, -0.2) is 0 Å². The summed E-state index contributed by atoms with van der Waals surface area (Å²) in [7, 11) is 0. The molecule has 9 heteroatoms. The quantitative estimate of drug-likeness (QED) is 0.769. The molecule has 2 N–H and O–H groups in total. The van der Waals surface area contributed by atoms with Gasteiger partial charge in [0.2, 0.25) is 11.8 Å². The summed E-state index contributed by atoms with van der Waals surface area (Å²) in [5.41, 5.74) is 0.561. The number of nitrogens with one attached hydrogen (secondary N) is 2. The van der Waals surface area contributed by atoms with Crippen molar-refractivity contribution in [2.24, 2.45) is 0 Å². The normalized spacial score (nSPS) is 29.4. The smallest absolute Gasteiger partial charge is 0.244 e. The zero-order valence-electron chi connectivity index (χ0n) is 15.5. The van der Waals surface area contributed by atoms with E-state index in [0.717, 1.165) is 0 Å². The zero-order chi connectivity index (χ0) is 18.7. The van der Waals surface area contributed by atoms with Crippen molar-refractivity contribution in [3.05, 3.63) is 12.4 Å². The third-order valence-corrected chi connectivity index (χ3v) is 4.57. The second kappa shape index (κ2) is 8.15. The third kappa shape index (κ3) is 4.60. The molecular formula is C17H27N5O4. The van der Waals surface area contributed by atoms with Crippen LogP contribution in [0.4, 0.5) is 5.69 Å². The fourth-order valence-electron chi connectivity index (χ4n) is 3.38. The molecule has 3 rings (SSSR count). The van der Waals surface area contributed by atoms with Gasteiger partial charge in [-0.05, 0) is 20.8 Å². The van der Waals surface area contributed by atoms with Crippen LogP contribution in [0.25, 0.3) is 0 Å². The molecule has 2 unspecified atom stereocenters. The van der Waals surface area contributed by atoms with Crippen LogP contribution in [0.15, 0.2) is 12.4 Å². The molecule has 3 heterocycles. The molecule has 0 radical (unpaired) electrons. The van der Waals surface area contributed by atoms with E-state index in [-0.39, 0.29) is 36.7 Å². The van der Waals surface area contributed by atoms with Gasteiger partial charge in [-0.3, -0.25) is 14.3 Å². The van der Waals surface area contributed by atoms with Gasteiger partial charge >= 0.3 is 0 Å². The summed E-state index contributed by atoms with van der Waals surface area (Å²) in [6.07, 6.45) is 3.08. The van der Waals surface area contributed by atoms with E-state index in [1.54, 1.807) is 17.3 Å². The molecule has 26 heavy (non-hydrogen) atoms. The number of nitrogens with zero attached hydrogens (tertiary/aromatic N) is 3. The molecule has 0 aliphatic carbocycles. The Hall–Kier alpha value is -1.97. The van der Waals surface area contributed by atoms with Crippen molar-refractivity contribution in [1.29, 1.82) is 0 Å². The van der Waals surface area contributed by atoms with Crippen LogP contribution in [-0.4, -0.2) is 77.1 Å². The van der Waals surface area contributed by atoms with Crippen LogP contribution in [-0.2, 0) is 25.6 Å². The molecule has 144 valence electrons. The summed E-state index contributed by atoms with van der Waals surface area (Å²) in [4.78, 5) is 26.6. The van der Waals surface area contributed by atoms with Crippen LogP contribution in [0.1, 0.15) is 20.8 Å². The van der Waals surface area contributed by atoms with Crippen molar-refractivity contribution >= 4 is 17.5 Å². The highest BCUT2D eigenvalue weighted by atomic mass is 16.5. The number of hydrogen-bond donors (Lipinski definition) is 2. The van der Waals surface area contributed by atoms with E-state index in [9.17, 15) is 9.59 Å². The molecule has 4 atom stereocenters. The van der Waals surface area contributed by atoms with E-state index in [4.69, 9.17) is 9.47 Å². The highest BCUT2D eigenvalue weighted by Gasteiger charge is 2.29. The molecule has 0 spiro atoms. The number of carbonyl (C=O) groups excluding carboxylic acids is 2. The molecular weight excluding hydrogens is 338 g/mol. The lowest BCUT2D eigenvalue weighted by Crippen LogP contribution is -2.53. The summed E-state index contributed by atoms with van der Waals surface area (Å²) >= 11 is 0. The van der Waals surface area contributed by atoms with Gasteiger partial charge in [-0.15, -0.1) is 0 Å². The van der Waals surface area contributed by atoms with Crippen molar-refractivity contribution in [2.45, 2.75) is 51.7 Å². The lowest BCUT2D eigenvalue weighted by atomic mass is 10.1. The molecule has 2 fully saturated rings. The molecule has 0 aromatic carbocycles. The van der Waals surface area contributed by atoms with Gasteiger partial charge in [0, 0.05) is 25.8 Å². The number of rotatable bonds is 4. The maximum absolute atomic E-state index is 12.5. The van der Waals surface area contributed by atoms with Gasteiger partial charge in [-0.1, -0.05) is 0 Å². The Morgan fingerprint density at radius 2 is 2.04 bits per heavy atom. The summed E-state index contributed by atoms with van der Waals surface area (Å²) in [5, 5.41) is 10.1. The number of ether oxygens (including phenoxy) is 2. The van der Waals surface area contributed by atoms with E-state index >= 15 is 0 Å². The first-order valence-electron chi connectivity index (χ1n) is 9.04. The molecule has 2 aliphatic heterocycles. The lowest BCUT2D eigenvalue weighted by Gasteiger charge is -2.35. The Kier molecular flexibility index (Phi) is 5.90. The molecule has 1 aromatic rings. The Labute approximate surface area is 153 Å². The summed E-state index contributed by atoms with van der Waals surface area (Å²) in [6.45, 7) is 8.33. The molecule has 0 bridgehead atoms. The molecule has 2 saturated heterocycles. The van der Waals surface area contributed by atoms with Crippen molar-refractivity contribution in [3.8, 4) is 0 Å². The lowest BCUT2D eigenvalue weighted by molar-refractivity contribution is -0.144. The second-order valence-electron chi connectivity index (χ2n) is 6.98. The summed E-state index contributed by atoms with van der Waals surface area (Å²) in [6, 6.07) is -0.398. The van der Waals surface area contributed by atoms with Crippen LogP contribution < -0.4 is 10.6 Å². The minimum atomic E-state index is -0.398. The molecule has 9 nitrogen and oxygen atoms in total. The SMILES string of the molecule is CC1CN(C(=O)Cn2cc(NC(=O)[C@H]3NCCO[C@@H]3C)cn2)CC(C)O1. The predicted molar refractivity (Wildman–Crippen MR) is 94.7 cm³/mol. The van der Waals surface area contributed by atoms with Gasteiger partial charge < -0.3 is 25.0 Å². The van der Waals surface area contributed by atoms with Gasteiger partial charge in [-0.2, -0.15) is 5.10 Å². The average molecular weight is 365 g/mol. The van der Waals surface area contributed by atoms with Crippen molar-refractivity contribution < 1.29 is 19.1 Å². The standard InChI is InChI=1S/C17H27N5O4/c1-11-7-21(8-12(2)26-11)15(23)10-22-9-14(6-19-22)20-17(24)16-13(3)25-5-4-18-16/h6,9,11-13,16,18H,4-5,7-8,10H2,1-3H3,(H,20,24)/t11?,12?,13-,16+/m1/s1. The van der Waals surface area contributed by atoms with Crippen LogP contribution in [0.2, 0.25) is 0 Å². The minimum absolute atomic E-state index is 0.0102. The van der Waals surface area contributed by atoms with Gasteiger partial charge in [0.25, 0.3) is 0 Å². The number of aromatic nitrogens is 2. The number of hydrogen-bond acceptors (Lipinski definition) is 6. The van der Waals surface area contributed by atoms with Crippen LogP contribution >= 0.6 is 0 Å². The fourth-order valence-corrected chi connectivity index (χ4v) is 3.38. The third-order valence-electron chi connectivity index (χ3n) is 4.57. The molecule has 2 amide bonds. The summed E-state index contributed by atoms with van der Waals surface area (Å²) < 4.78 is 12.7. The predicted octanol–water partition coefficient (Wildman–Crippen LogP) is -0.166. The maximum Gasteiger partial charge on any atom is 0.244 e. The van der Waals surface area contributed by atoms with E-state index in [0.29, 0.717) is 31.9 Å². The summed E-state index contributed by atoms with van der Waals surface area (Å²) in [5.74, 6) is -0.178. The minimum Gasteiger partial charge on any atom is -0.375 e. The Morgan fingerprint density at radius 3 is 2.73 bits per heavy atom. The average Bonchev–Trinajstić information content (AvgIpc) is 3.01. The first kappa shape index (κ1) is 18.8. The topological polar surface area (TPSA) is 97.7 Å². The Morgan fingerprint density at radius 1 is 1.31 bits per heavy atom. The number of morpholine rings is 2. The zero-order valence-corrected chi connectivity index (χ0v) is 15.5. The van der Waals surface area contributed by atoms with E-state index in [1.165, 1.54) is 4.68 Å². The molecule has 1 aromatic heterocycles. The van der Waals surface area contributed by atoms with Crippen LogP contribution in [0.3, 0.4) is 0 Å². The van der Waals surface area contributed by atoms with Crippen molar-refractivity contribution in [3.63, 3.8) is 0 Å². The fraction of sp³-hybridized carbons (Fsp3) is 0.706. The molecule has 2 aliphatic rings. The highest BCUT2D eigenvalue weighted by molar-refractivity contribution is 5.95. The first-order chi connectivity index (χ1) is 12.4. The van der Waals surface area contributed by atoms with Gasteiger partial charge in [0.1, 0.15) is 12.6 Å². The monoisotopic (exact) mass is 365 g/mol. The van der Waals surface area contributed by atoms with Gasteiger partial charge in [0.15, 0.2) is 0 Å². The highest BCUT2D eigenvalue weighted by Crippen LogP contribution is 2.13.